The van der Waals surface area contributed by atoms with Gasteiger partial charge in [-0.2, -0.15) is 5.10 Å². The highest BCUT2D eigenvalue weighted by atomic mass is 19.1. The molecule has 37 heavy (non-hydrogen) atoms. The van der Waals surface area contributed by atoms with Crippen LogP contribution >= 0.6 is 0 Å². The molecule has 184 valence electrons. The maximum atomic E-state index is 13.5. The molecule has 7 nitrogen and oxygen atoms in total. The van der Waals surface area contributed by atoms with E-state index >= 15 is 0 Å². The second-order valence-electron chi connectivity index (χ2n) is 9.18. The van der Waals surface area contributed by atoms with Crippen molar-refractivity contribution in [3.05, 3.63) is 84.9 Å². The number of halogens is 1. The summed E-state index contributed by atoms with van der Waals surface area (Å²) in [7, 11) is 4.02. The zero-order valence-electron chi connectivity index (χ0n) is 20.5. The van der Waals surface area contributed by atoms with Crippen LogP contribution in [-0.2, 0) is 0 Å². The lowest BCUT2D eigenvalue weighted by molar-refractivity contribution is 0.261. The zero-order chi connectivity index (χ0) is 25.4. The Morgan fingerprint density at radius 3 is 2.62 bits per heavy atom. The van der Waals surface area contributed by atoms with E-state index in [0.29, 0.717) is 12.4 Å². The van der Waals surface area contributed by atoms with Gasteiger partial charge in [0.25, 0.3) is 0 Å². The molecule has 6 aromatic rings. The summed E-state index contributed by atoms with van der Waals surface area (Å²) in [4.78, 5) is 14.8. The van der Waals surface area contributed by atoms with E-state index in [2.05, 4.69) is 31.1 Å². The molecule has 0 atom stereocenters. The summed E-state index contributed by atoms with van der Waals surface area (Å²) in [5.74, 6) is 0.453. The minimum atomic E-state index is -0.253. The fourth-order valence-corrected chi connectivity index (χ4v) is 4.40. The molecule has 0 aliphatic carbocycles. The van der Waals surface area contributed by atoms with Crippen LogP contribution in [0.2, 0.25) is 0 Å². The van der Waals surface area contributed by atoms with E-state index in [0.717, 1.165) is 62.3 Å². The average Bonchev–Trinajstić information content (AvgIpc) is 3.53. The SMILES string of the molecule is CN(C)CCOc1cncc(-c2ccc3[nH]nc(-c4cc5c(-c6ccc(F)cc6)cccc5[nH]4)c3n2)c1. The molecule has 0 saturated carbocycles. The number of H-pyrrole nitrogens is 2. The van der Waals surface area contributed by atoms with E-state index in [1.54, 1.807) is 24.5 Å². The van der Waals surface area contributed by atoms with E-state index in [1.165, 1.54) is 12.1 Å². The fourth-order valence-electron chi connectivity index (χ4n) is 4.40. The van der Waals surface area contributed by atoms with E-state index < -0.39 is 0 Å². The molecule has 4 heterocycles. The summed E-state index contributed by atoms with van der Waals surface area (Å²) in [6.45, 7) is 1.40. The third-order valence-electron chi connectivity index (χ3n) is 6.30. The number of benzene rings is 2. The molecule has 4 aromatic heterocycles. The lowest BCUT2D eigenvalue weighted by atomic mass is 10.0. The van der Waals surface area contributed by atoms with Crippen LogP contribution in [0.4, 0.5) is 4.39 Å². The number of aromatic nitrogens is 5. The van der Waals surface area contributed by atoms with Crippen LogP contribution in [0.1, 0.15) is 0 Å². The fraction of sp³-hybridized carbons (Fsp3) is 0.138. The Balaban J connectivity index is 1.37. The second-order valence-corrected chi connectivity index (χ2v) is 9.18. The highest BCUT2D eigenvalue weighted by Gasteiger charge is 2.16. The summed E-state index contributed by atoms with van der Waals surface area (Å²) in [5.41, 5.74) is 7.75. The van der Waals surface area contributed by atoms with Crippen molar-refractivity contribution in [2.75, 3.05) is 27.2 Å². The summed E-state index contributed by atoms with van der Waals surface area (Å²) < 4.78 is 19.3. The van der Waals surface area contributed by atoms with Crippen molar-refractivity contribution in [3.63, 3.8) is 0 Å². The predicted molar refractivity (Wildman–Crippen MR) is 144 cm³/mol. The number of hydrogen-bond acceptors (Lipinski definition) is 5. The van der Waals surface area contributed by atoms with Gasteiger partial charge in [-0.3, -0.25) is 10.1 Å². The van der Waals surface area contributed by atoms with E-state index in [4.69, 9.17) is 9.72 Å². The second kappa shape index (κ2) is 9.48. The molecule has 0 aliphatic rings. The molecule has 2 aromatic carbocycles. The van der Waals surface area contributed by atoms with Gasteiger partial charge in [0.15, 0.2) is 0 Å². The monoisotopic (exact) mass is 492 g/mol. The minimum absolute atomic E-state index is 0.253. The van der Waals surface area contributed by atoms with Gasteiger partial charge in [-0.25, -0.2) is 9.37 Å². The van der Waals surface area contributed by atoms with Gasteiger partial charge < -0.3 is 14.6 Å². The van der Waals surface area contributed by atoms with Crippen molar-refractivity contribution in [2.24, 2.45) is 0 Å². The summed E-state index contributed by atoms with van der Waals surface area (Å²) in [6.07, 6.45) is 3.49. The maximum Gasteiger partial charge on any atom is 0.138 e. The Labute approximate surface area is 213 Å². The number of hydrogen-bond donors (Lipinski definition) is 2. The zero-order valence-corrected chi connectivity index (χ0v) is 20.5. The van der Waals surface area contributed by atoms with Gasteiger partial charge in [0.2, 0.25) is 0 Å². The molecule has 2 N–H and O–H groups in total. The smallest absolute Gasteiger partial charge is 0.138 e. The molecular formula is C29H25FN6O. The van der Waals surface area contributed by atoms with Gasteiger partial charge in [0.05, 0.1) is 23.1 Å². The van der Waals surface area contributed by atoms with Crippen LogP contribution in [0.3, 0.4) is 0 Å². The standard InChI is InChI=1S/C29H25FN6O/c1-36(2)12-13-37-21-14-19(16-31-17-21)24-10-11-26-28(33-24)29(35-34-26)27-15-23-22(4-3-5-25(23)32-27)18-6-8-20(30)9-7-18/h3-11,14-17,32H,12-13H2,1-2H3,(H,34,35). The number of nitrogens with one attached hydrogen (secondary N) is 2. The minimum Gasteiger partial charge on any atom is -0.491 e. The van der Waals surface area contributed by atoms with Crippen LogP contribution in [0.15, 0.2) is 79.1 Å². The van der Waals surface area contributed by atoms with Gasteiger partial charge in [-0.15, -0.1) is 0 Å². The normalized spacial score (nSPS) is 11.6. The van der Waals surface area contributed by atoms with Gasteiger partial charge in [0, 0.05) is 29.2 Å². The van der Waals surface area contributed by atoms with Gasteiger partial charge in [0.1, 0.15) is 29.4 Å². The molecule has 0 unspecified atom stereocenters. The molecule has 0 fully saturated rings. The van der Waals surface area contributed by atoms with E-state index in [9.17, 15) is 4.39 Å². The first-order valence-electron chi connectivity index (χ1n) is 12.0. The third kappa shape index (κ3) is 4.54. The van der Waals surface area contributed by atoms with Crippen molar-refractivity contribution in [2.45, 2.75) is 0 Å². The molecule has 0 spiro atoms. The van der Waals surface area contributed by atoms with Crippen LogP contribution in [0, 0.1) is 5.82 Å². The Morgan fingerprint density at radius 2 is 1.78 bits per heavy atom. The largest absolute Gasteiger partial charge is 0.491 e. The summed E-state index contributed by atoms with van der Waals surface area (Å²) in [5, 5.41) is 8.69. The number of fused-ring (bicyclic) bond motifs is 2. The average molecular weight is 493 g/mol. The maximum absolute atomic E-state index is 13.5. The van der Waals surface area contributed by atoms with E-state index in [-0.39, 0.29) is 5.82 Å². The topological polar surface area (TPSA) is 82.7 Å². The molecule has 0 bridgehead atoms. The Kier molecular flexibility index (Phi) is 5.86. The Hall–Kier alpha value is -4.56. The Bertz CT molecular complexity index is 1700. The van der Waals surface area contributed by atoms with Crippen molar-refractivity contribution in [1.29, 1.82) is 0 Å². The van der Waals surface area contributed by atoms with Crippen LogP contribution < -0.4 is 4.74 Å². The highest BCUT2D eigenvalue weighted by molar-refractivity contribution is 6.00. The number of pyridine rings is 2. The van der Waals surface area contributed by atoms with Crippen molar-refractivity contribution in [1.82, 2.24) is 30.0 Å². The quantitative estimate of drug-likeness (QED) is 0.289. The number of rotatable bonds is 7. The van der Waals surface area contributed by atoms with Crippen molar-refractivity contribution < 1.29 is 9.13 Å². The van der Waals surface area contributed by atoms with Crippen molar-refractivity contribution in [3.8, 4) is 39.5 Å². The Morgan fingerprint density at radius 1 is 0.919 bits per heavy atom. The summed E-state index contributed by atoms with van der Waals surface area (Å²) >= 11 is 0. The molecule has 8 heteroatoms. The lowest BCUT2D eigenvalue weighted by Crippen LogP contribution is -2.19. The van der Waals surface area contributed by atoms with Crippen molar-refractivity contribution >= 4 is 21.9 Å². The number of likely N-dealkylation sites (N-methyl/N-ethyl adjacent to an activating group) is 1. The first-order chi connectivity index (χ1) is 18.0. The highest BCUT2D eigenvalue weighted by Crippen LogP contribution is 2.34. The first-order valence-corrected chi connectivity index (χ1v) is 12.0. The van der Waals surface area contributed by atoms with E-state index in [1.807, 2.05) is 50.5 Å². The van der Waals surface area contributed by atoms with Crippen LogP contribution in [0.5, 0.6) is 5.75 Å². The number of nitrogens with zero attached hydrogens (tertiary/aromatic N) is 4. The molecule has 6 rings (SSSR count). The van der Waals surface area contributed by atoms with Crippen LogP contribution in [-0.4, -0.2) is 57.3 Å². The molecule has 0 saturated heterocycles. The number of aromatic amines is 2. The van der Waals surface area contributed by atoms with Gasteiger partial charge in [-0.1, -0.05) is 24.3 Å². The van der Waals surface area contributed by atoms with Gasteiger partial charge in [-0.05, 0) is 67.7 Å². The molecule has 0 amide bonds. The first kappa shape index (κ1) is 22.9. The number of ether oxygens (including phenoxy) is 1. The van der Waals surface area contributed by atoms with Gasteiger partial charge >= 0.3 is 0 Å². The molecular weight excluding hydrogens is 467 g/mol. The lowest BCUT2D eigenvalue weighted by Gasteiger charge is -2.11. The molecule has 0 aliphatic heterocycles. The summed E-state index contributed by atoms with van der Waals surface area (Å²) in [6, 6.07) is 20.5. The molecule has 0 radical (unpaired) electrons. The van der Waals surface area contributed by atoms with Crippen LogP contribution in [0.25, 0.3) is 55.7 Å². The third-order valence-corrected chi connectivity index (χ3v) is 6.30. The predicted octanol–water partition coefficient (Wildman–Crippen LogP) is 5.91.